The van der Waals surface area contributed by atoms with E-state index in [9.17, 15) is 14.7 Å². The molecule has 1 aliphatic carbocycles. The van der Waals surface area contributed by atoms with E-state index < -0.39 is 0 Å². The summed E-state index contributed by atoms with van der Waals surface area (Å²) in [6.45, 7) is 10.8. The molecule has 1 aromatic rings. The Morgan fingerprint density at radius 1 is 1.25 bits per heavy atom. The Bertz CT molecular complexity index is 788. The molecule has 7 heteroatoms. The van der Waals surface area contributed by atoms with Crippen LogP contribution in [0.4, 0.5) is 0 Å². The van der Waals surface area contributed by atoms with E-state index in [1.807, 2.05) is 20.8 Å². The van der Waals surface area contributed by atoms with Gasteiger partial charge in [-0.3, -0.25) is 9.59 Å². The summed E-state index contributed by atoms with van der Waals surface area (Å²) < 4.78 is 5.43. The monoisotopic (exact) mass is 447 g/mol. The molecule has 0 radical (unpaired) electrons. The zero-order chi connectivity index (χ0) is 24.1. The molecule has 1 aliphatic rings. The second-order valence-electron chi connectivity index (χ2n) is 10.3. The van der Waals surface area contributed by atoms with Crippen LogP contribution >= 0.6 is 0 Å². The van der Waals surface area contributed by atoms with E-state index in [0.29, 0.717) is 29.8 Å². The molecule has 0 saturated heterocycles. The number of aromatic hydroxyl groups is 1. The van der Waals surface area contributed by atoms with Crippen molar-refractivity contribution in [3.05, 3.63) is 29.3 Å². The van der Waals surface area contributed by atoms with Crippen LogP contribution in [0, 0.1) is 5.92 Å². The maximum Gasteiger partial charge on any atom is 0.251 e. The third kappa shape index (κ3) is 6.94. The third-order valence-electron chi connectivity index (χ3n) is 6.55. The fraction of sp³-hybridized carbons (Fsp3) is 0.680. The SMILES string of the molecule is COC[C@@H]1C[C@H](N(C)C(C)C)CC[C@@H]1NC(=O)CNC(=O)c1ccc(O)c(C(C)(C)C)c1. The second-order valence-corrected chi connectivity index (χ2v) is 10.3. The van der Waals surface area contributed by atoms with Gasteiger partial charge in [0.25, 0.3) is 5.91 Å². The smallest absolute Gasteiger partial charge is 0.251 e. The Labute approximate surface area is 192 Å². The second kappa shape index (κ2) is 11.1. The van der Waals surface area contributed by atoms with Crippen LogP contribution < -0.4 is 10.6 Å². The van der Waals surface area contributed by atoms with Crippen LogP contribution in [0.25, 0.3) is 0 Å². The minimum absolute atomic E-state index is 0.0392. The molecular weight excluding hydrogens is 406 g/mol. The largest absolute Gasteiger partial charge is 0.508 e. The normalized spacial score (nSPS) is 21.6. The van der Waals surface area contributed by atoms with Crippen LogP contribution in [0.1, 0.15) is 69.8 Å². The number of ether oxygens (including phenoxy) is 1. The van der Waals surface area contributed by atoms with E-state index in [2.05, 4.69) is 36.4 Å². The predicted molar refractivity (Wildman–Crippen MR) is 127 cm³/mol. The lowest BCUT2D eigenvalue weighted by molar-refractivity contribution is -0.121. The molecule has 3 N–H and O–H groups in total. The van der Waals surface area contributed by atoms with Crippen molar-refractivity contribution in [3.8, 4) is 5.75 Å². The predicted octanol–water partition coefficient (Wildman–Crippen LogP) is 3.06. The van der Waals surface area contributed by atoms with Crippen molar-refractivity contribution >= 4 is 11.8 Å². The Hall–Kier alpha value is -2.12. The first-order chi connectivity index (χ1) is 14.9. The fourth-order valence-corrected chi connectivity index (χ4v) is 4.42. The number of methoxy groups -OCH3 is 1. The van der Waals surface area contributed by atoms with Crippen molar-refractivity contribution in [2.24, 2.45) is 5.92 Å². The fourth-order valence-electron chi connectivity index (χ4n) is 4.42. The van der Waals surface area contributed by atoms with Gasteiger partial charge in [-0.25, -0.2) is 0 Å². The van der Waals surface area contributed by atoms with Gasteiger partial charge in [0, 0.05) is 42.3 Å². The van der Waals surface area contributed by atoms with Crippen molar-refractivity contribution in [3.63, 3.8) is 0 Å². The molecule has 7 nitrogen and oxygen atoms in total. The van der Waals surface area contributed by atoms with Gasteiger partial charge in [0.1, 0.15) is 5.75 Å². The number of nitrogens with one attached hydrogen (secondary N) is 2. The van der Waals surface area contributed by atoms with Crippen molar-refractivity contribution < 1.29 is 19.4 Å². The topological polar surface area (TPSA) is 90.9 Å². The molecule has 1 saturated carbocycles. The molecule has 0 aliphatic heterocycles. The molecule has 0 spiro atoms. The maximum atomic E-state index is 12.6. The lowest BCUT2D eigenvalue weighted by atomic mass is 9.81. The van der Waals surface area contributed by atoms with E-state index in [4.69, 9.17) is 4.74 Å². The van der Waals surface area contributed by atoms with E-state index >= 15 is 0 Å². The van der Waals surface area contributed by atoms with E-state index in [0.717, 1.165) is 19.3 Å². The highest BCUT2D eigenvalue weighted by atomic mass is 16.5. The third-order valence-corrected chi connectivity index (χ3v) is 6.55. The van der Waals surface area contributed by atoms with Crippen LogP contribution in [-0.4, -0.2) is 67.3 Å². The number of nitrogens with zero attached hydrogens (tertiary/aromatic N) is 1. The number of carbonyl (C=O) groups excluding carboxylic acids is 2. The standard InChI is InChI=1S/C25H41N3O4/c1-16(2)28(6)19-9-10-21(18(12-19)15-32-7)27-23(30)14-26-24(31)17-8-11-22(29)20(13-17)25(3,4)5/h8,11,13,16,18-19,21,29H,9-10,12,14-15H2,1-7H3,(H,26,31)(H,27,30)/t18-,19+,21-/m0/s1. The molecule has 1 aromatic carbocycles. The Morgan fingerprint density at radius 2 is 1.94 bits per heavy atom. The molecule has 0 unspecified atom stereocenters. The minimum atomic E-state index is -0.332. The van der Waals surface area contributed by atoms with Gasteiger partial charge >= 0.3 is 0 Å². The molecular formula is C25H41N3O4. The first kappa shape index (κ1) is 26.1. The average molecular weight is 448 g/mol. The molecule has 32 heavy (non-hydrogen) atoms. The number of hydrogen-bond donors (Lipinski definition) is 3. The van der Waals surface area contributed by atoms with Gasteiger partial charge in [-0.1, -0.05) is 20.8 Å². The van der Waals surface area contributed by atoms with Crippen molar-refractivity contribution in [2.75, 3.05) is 27.3 Å². The number of rotatable bonds is 8. The molecule has 0 heterocycles. The molecule has 2 rings (SSSR count). The van der Waals surface area contributed by atoms with Crippen LogP contribution in [0.3, 0.4) is 0 Å². The van der Waals surface area contributed by atoms with Gasteiger partial charge in [-0.05, 0) is 63.8 Å². The van der Waals surface area contributed by atoms with Gasteiger partial charge in [0.15, 0.2) is 0 Å². The van der Waals surface area contributed by atoms with Crippen molar-refractivity contribution in [1.82, 2.24) is 15.5 Å². The highest BCUT2D eigenvalue weighted by Crippen LogP contribution is 2.31. The summed E-state index contributed by atoms with van der Waals surface area (Å²) >= 11 is 0. The quantitative estimate of drug-likeness (QED) is 0.570. The Kier molecular flexibility index (Phi) is 9.10. The highest BCUT2D eigenvalue weighted by Gasteiger charge is 2.33. The van der Waals surface area contributed by atoms with Gasteiger partial charge in [-0.2, -0.15) is 0 Å². The Balaban J connectivity index is 1.94. The first-order valence-corrected chi connectivity index (χ1v) is 11.6. The summed E-state index contributed by atoms with van der Waals surface area (Å²) in [5.41, 5.74) is 0.825. The summed E-state index contributed by atoms with van der Waals surface area (Å²) in [6, 6.07) is 5.77. The first-order valence-electron chi connectivity index (χ1n) is 11.6. The summed E-state index contributed by atoms with van der Waals surface area (Å²) in [7, 11) is 3.85. The van der Waals surface area contributed by atoms with Crippen molar-refractivity contribution in [2.45, 2.75) is 77.4 Å². The average Bonchev–Trinajstić information content (AvgIpc) is 2.72. The molecule has 180 valence electrons. The number of hydrogen-bond acceptors (Lipinski definition) is 5. The van der Waals surface area contributed by atoms with Gasteiger partial charge in [0.2, 0.25) is 5.91 Å². The lowest BCUT2D eigenvalue weighted by Gasteiger charge is -2.41. The van der Waals surface area contributed by atoms with E-state index in [-0.39, 0.29) is 41.5 Å². The van der Waals surface area contributed by atoms with Gasteiger partial charge in [-0.15, -0.1) is 0 Å². The van der Waals surface area contributed by atoms with Crippen LogP contribution in [0.15, 0.2) is 18.2 Å². The number of carbonyl (C=O) groups is 2. The molecule has 2 amide bonds. The van der Waals surface area contributed by atoms with Crippen LogP contribution in [0.5, 0.6) is 5.75 Å². The lowest BCUT2D eigenvalue weighted by Crippen LogP contribution is -2.52. The zero-order valence-electron chi connectivity index (χ0n) is 20.7. The van der Waals surface area contributed by atoms with Crippen molar-refractivity contribution in [1.29, 1.82) is 0 Å². The molecule has 0 bridgehead atoms. The molecule has 3 atom stereocenters. The van der Waals surface area contributed by atoms with Crippen LogP contribution in [0.2, 0.25) is 0 Å². The molecule has 1 fully saturated rings. The maximum absolute atomic E-state index is 12.6. The number of phenols is 1. The highest BCUT2D eigenvalue weighted by molar-refractivity contribution is 5.96. The van der Waals surface area contributed by atoms with E-state index in [1.54, 1.807) is 19.2 Å². The summed E-state index contributed by atoms with van der Waals surface area (Å²) in [6.07, 6.45) is 2.89. The number of benzene rings is 1. The number of amides is 2. The zero-order valence-corrected chi connectivity index (χ0v) is 20.7. The summed E-state index contributed by atoms with van der Waals surface area (Å²) in [5, 5.41) is 15.9. The van der Waals surface area contributed by atoms with Crippen LogP contribution in [-0.2, 0) is 14.9 Å². The summed E-state index contributed by atoms with van der Waals surface area (Å²) in [5.74, 6) is -0.128. The number of phenolic OH excluding ortho intramolecular Hbond substituents is 1. The van der Waals surface area contributed by atoms with Gasteiger partial charge < -0.3 is 25.4 Å². The summed E-state index contributed by atoms with van der Waals surface area (Å²) in [4.78, 5) is 27.6. The molecule has 0 aromatic heterocycles. The van der Waals surface area contributed by atoms with Gasteiger partial charge in [0.05, 0.1) is 13.2 Å². The minimum Gasteiger partial charge on any atom is -0.508 e. The Morgan fingerprint density at radius 3 is 2.53 bits per heavy atom. The van der Waals surface area contributed by atoms with E-state index in [1.165, 1.54) is 6.07 Å².